The highest BCUT2D eigenvalue weighted by Crippen LogP contribution is 2.26. The van der Waals surface area contributed by atoms with Crippen LogP contribution in [0.1, 0.15) is 36.7 Å². The first-order valence-corrected chi connectivity index (χ1v) is 9.02. The summed E-state index contributed by atoms with van der Waals surface area (Å²) >= 11 is 0. The second-order valence-electron chi connectivity index (χ2n) is 6.47. The molecule has 0 aliphatic carbocycles. The van der Waals surface area contributed by atoms with Gasteiger partial charge in [-0.2, -0.15) is 0 Å². The SMILES string of the molecule is CCOc1ccccc1OCC(=O)NNC(=O)c1ccc(CC(C)C)cc1. The lowest BCUT2D eigenvalue weighted by molar-refractivity contribution is -0.123. The number of benzene rings is 2. The maximum absolute atomic E-state index is 12.1. The van der Waals surface area contributed by atoms with Gasteiger partial charge in [0.15, 0.2) is 18.1 Å². The molecular formula is C21H26N2O4. The molecule has 0 aliphatic heterocycles. The third kappa shape index (κ3) is 6.66. The Morgan fingerprint density at radius 3 is 2.15 bits per heavy atom. The Labute approximate surface area is 159 Å². The number of carbonyl (C=O) groups excluding carboxylic acids is 2. The fourth-order valence-electron chi connectivity index (χ4n) is 2.49. The zero-order valence-corrected chi connectivity index (χ0v) is 16.0. The molecule has 6 nitrogen and oxygen atoms in total. The van der Waals surface area contributed by atoms with Crippen LogP contribution >= 0.6 is 0 Å². The van der Waals surface area contributed by atoms with E-state index in [1.54, 1.807) is 30.3 Å². The van der Waals surface area contributed by atoms with E-state index in [0.29, 0.717) is 29.6 Å². The van der Waals surface area contributed by atoms with Gasteiger partial charge in [0, 0.05) is 5.56 Å². The van der Waals surface area contributed by atoms with Crippen molar-refractivity contribution in [2.24, 2.45) is 5.92 Å². The van der Waals surface area contributed by atoms with Crippen molar-refractivity contribution in [3.05, 3.63) is 59.7 Å². The van der Waals surface area contributed by atoms with Crippen molar-refractivity contribution in [1.82, 2.24) is 10.9 Å². The van der Waals surface area contributed by atoms with E-state index < -0.39 is 5.91 Å². The van der Waals surface area contributed by atoms with E-state index in [-0.39, 0.29) is 12.5 Å². The van der Waals surface area contributed by atoms with Gasteiger partial charge in [-0.3, -0.25) is 20.4 Å². The summed E-state index contributed by atoms with van der Waals surface area (Å²) in [6.07, 6.45) is 0.958. The van der Waals surface area contributed by atoms with Crippen LogP contribution in [0.25, 0.3) is 0 Å². The van der Waals surface area contributed by atoms with Crippen molar-refractivity contribution in [1.29, 1.82) is 0 Å². The zero-order valence-electron chi connectivity index (χ0n) is 16.0. The number of hydrazine groups is 1. The van der Waals surface area contributed by atoms with E-state index in [0.717, 1.165) is 6.42 Å². The number of rotatable bonds is 8. The van der Waals surface area contributed by atoms with Gasteiger partial charge in [-0.25, -0.2) is 0 Å². The minimum Gasteiger partial charge on any atom is -0.490 e. The second-order valence-corrected chi connectivity index (χ2v) is 6.47. The molecule has 0 saturated heterocycles. The lowest BCUT2D eigenvalue weighted by Crippen LogP contribution is -2.43. The van der Waals surface area contributed by atoms with Gasteiger partial charge in [-0.15, -0.1) is 0 Å². The van der Waals surface area contributed by atoms with Crippen LogP contribution in [-0.4, -0.2) is 25.0 Å². The normalized spacial score (nSPS) is 10.4. The Morgan fingerprint density at radius 2 is 1.56 bits per heavy atom. The summed E-state index contributed by atoms with van der Waals surface area (Å²) in [5.74, 6) is 0.747. The fraction of sp³-hybridized carbons (Fsp3) is 0.333. The van der Waals surface area contributed by atoms with Crippen LogP contribution in [0, 0.1) is 5.92 Å². The summed E-state index contributed by atoms with van der Waals surface area (Å²) in [6, 6.07) is 14.4. The van der Waals surface area contributed by atoms with Gasteiger partial charge in [-0.1, -0.05) is 38.1 Å². The van der Waals surface area contributed by atoms with Crippen molar-refractivity contribution < 1.29 is 19.1 Å². The molecule has 0 unspecified atom stereocenters. The molecule has 0 heterocycles. The van der Waals surface area contributed by atoms with Gasteiger partial charge in [0.1, 0.15) is 0 Å². The number of para-hydroxylation sites is 2. The van der Waals surface area contributed by atoms with Crippen molar-refractivity contribution in [3.8, 4) is 11.5 Å². The van der Waals surface area contributed by atoms with Gasteiger partial charge in [-0.05, 0) is 49.1 Å². The topological polar surface area (TPSA) is 76.7 Å². The number of ether oxygens (including phenoxy) is 2. The van der Waals surface area contributed by atoms with Crippen molar-refractivity contribution in [2.45, 2.75) is 27.2 Å². The lowest BCUT2D eigenvalue weighted by Gasteiger charge is -2.12. The first-order valence-electron chi connectivity index (χ1n) is 9.02. The van der Waals surface area contributed by atoms with Crippen LogP contribution in [-0.2, 0) is 11.2 Å². The average molecular weight is 370 g/mol. The number of hydrogen-bond donors (Lipinski definition) is 2. The second kappa shape index (κ2) is 10.2. The fourth-order valence-corrected chi connectivity index (χ4v) is 2.49. The van der Waals surface area contributed by atoms with Crippen molar-refractivity contribution in [3.63, 3.8) is 0 Å². The number of hydrogen-bond acceptors (Lipinski definition) is 4. The maximum Gasteiger partial charge on any atom is 0.276 e. The Hall–Kier alpha value is -3.02. The first kappa shape index (κ1) is 20.3. The Bertz CT molecular complexity index is 757. The van der Waals surface area contributed by atoms with E-state index in [2.05, 4.69) is 24.7 Å². The largest absolute Gasteiger partial charge is 0.490 e. The molecule has 2 N–H and O–H groups in total. The molecule has 0 aromatic heterocycles. The van der Waals surface area contributed by atoms with Gasteiger partial charge >= 0.3 is 0 Å². The van der Waals surface area contributed by atoms with Crippen molar-refractivity contribution >= 4 is 11.8 Å². The average Bonchev–Trinajstić information content (AvgIpc) is 2.66. The molecule has 144 valence electrons. The Kier molecular flexibility index (Phi) is 7.67. The number of nitrogens with one attached hydrogen (secondary N) is 2. The van der Waals surface area contributed by atoms with Crippen LogP contribution < -0.4 is 20.3 Å². The van der Waals surface area contributed by atoms with Gasteiger partial charge in [0.2, 0.25) is 0 Å². The minimum atomic E-state index is -0.467. The molecule has 27 heavy (non-hydrogen) atoms. The summed E-state index contributed by atoms with van der Waals surface area (Å²) in [5, 5.41) is 0. The van der Waals surface area contributed by atoms with Crippen LogP contribution in [0.3, 0.4) is 0 Å². The molecule has 6 heteroatoms. The van der Waals surface area contributed by atoms with E-state index in [4.69, 9.17) is 9.47 Å². The molecule has 2 rings (SSSR count). The summed E-state index contributed by atoms with van der Waals surface area (Å²) in [7, 11) is 0. The predicted octanol–water partition coefficient (Wildman–Crippen LogP) is 3.12. The van der Waals surface area contributed by atoms with E-state index in [9.17, 15) is 9.59 Å². The summed E-state index contributed by atoms with van der Waals surface area (Å²) in [6.45, 7) is 6.42. The standard InChI is InChI=1S/C21H26N2O4/c1-4-26-18-7-5-6-8-19(18)27-14-20(24)22-23-21(25)17-11-9-16(10-12-17)13-15(2)3/h5-12,15H,4,13-14H2,1-3H3,(H,22,24)(H,23,25). The smallest absolute Gasteiger partial charge is 0.276 e. The molecule has 2 amide bonds. The van der Waals surface area contributed by atoms with E-state index in [1.165, 1.54) is 5.56 Å². The third-order valence-corrected chi connectivity index (χ3v) is 3.68. The van der Waals surface area contributed by atoms with Crippen LogP contribution in [0.4, 0.5) is 0 Å². The van der Waals surface area contributed by atoms with Crippen LogP contribution in [0.2, 0.25) is 0 Å². The van der Waals surface area contributed by atoms with Crippen molar-refractivity contribution in [2.75, 3.05) is 13.2 Å². The summed E-state index contributed by atoms with van der Waals surface area (Å²) < 4.78 is 10.9. The lowest BCUT2D eigenvalue weighted by atomic mass is 10.0. The summed E-state index contributed by atoms with van der Waals surface area (Å²) in [4.78, 5) is 24.0. The third-order valence-electron chi connectivity index (χ3n) is 3.68. The Morgan fingerprint density at radius 1 is 0.926 bits per heavy atom. The molecule has 0 saturated carbocycles. The number of amides is 2. The highest BCUT2D eigenvalue weighted by molar-refractivity contribution is 5.95. The molecule has 0 radical (unpaired) electrons. The molecule has 0 aliphatic rings. The van der Waals surface area contributed by atoms with Crippen LogP contribution in [0.5, 0.6) is 11.5 Å². The molecule has 0 fully saturated rings. The molecule has 2 aromatic carbocycles. The van der Waals surface area contributed by atoms with Gasteiger partial charge < -0.3 is 9.47 Å². The molecular weight excluding hydrogens is 344 g/mol. The molecule has 0 spiro atoms. The number of carbonyl (C=O) groups is 2. The molecule has 0 atom stereocenters. The first-order chi connectivity index (χ1) is 13.0. The van der Waals surface area contributed by atoms with E-state index >= 15 is 0 Å². The van der Waals surface area contributed by atoms with Gasteiger partial charge in [0.25, 0.3) is 11.8 Å². The van der Waals surface area contributed by atoms with Crippen LogP contribution in [0.15, 0.2) is 48.5 Å². The highest BCUT2D eigenvalue weighted by Gasteiger charge is 2.10. The summed E-state index contributed by atoms with van der Waals surface area (Å²) in [5.41, 5.74) is 6.38. The maximum atomic E-state index is 12.1. The monoisotopic (exact) mass is 370 g/mol. The molecule has 0 bridgehead atoms. The predicted molar refractivity (Wildman–Crippen MR) is 104 cm³/mol. The quantitative estimate of drug-likeness (QED) is 0.700. The molecule has 2 aromatic rings. The highest BCUT2D eigenvalue weighted by atomic mass is 16.5. The Balaban J connectivity index is 1.80. The van der Waals surface area contributed by atoms with E-state index in [1.807, 2.05) is 25.1 Å². The van der Waals surface area contributed by atoms with Gasteiger partial charge in [0.05, 0.1) is 6.61 Å². The minimum absolute atomic E-state index is 0.238. The zero-order chi connectivity index (χ0) is 19.6.